The molecule has 0 spiro atoms. The fourth-order valence-electron chi connectivity index (χ4n) is 1.57. The van der Waals surface area contributed by atoms with Gasteiger partial charge in [0.25, 0.3) is 5.91 Å². The molecule has 0 aliphatic rings. The van der Waals surface area contributed by atoms with Crippen molar-refractivity contribution < 1.29 is 36.0 Å². The van der Waals surface area contributed by atoms with E-state index in [2.05, 4.69) is 9.82 Å². The normalized spacial score (nSPS) is 12.3. The first-order valence-corrected chi connectivity index (χ1v) is 6.63. The van der Waals surface area contributed by atoms with Gasteiger partial charge < -0.3 is 0 Å². The maximum Gasteiger partial charge on any atom is 0.544 e. The minimum Gasteiger partial charge on any atom is -0.265 e. The number of anilines is 1. The first-order chi connectivity index (χ1) is 10.6. The molecule has 1 aromatic heterocycles. The van der Waals surface area contributed by atoms with Crippen LogP contribution in [0.2, 0.25) is 0 Å². The summed E-state index contributed by atoms with van der Waals surface area (Å²) in [5.74, 6) is -1.62. The number of amides is 1. The summed E-state index contributed by atoms with van der Waals surface area (Å²) in [4.78, 5) is 17.7. The van der Waals surface area contributed by atoms with Crippen molar-refractivity contribution in [3.05, 3.63) is 46.4 Å². The zero-order valence-electron chi connectivity index (χ0n) is 10.9. The van der Waals surface area contributed by atoms with Gasteiger partial charge in [0.2, 0.25) is 0 Å². The van der Waals surface area contributed by atoms with Gasteiger partial charge in [0.1, 0.15) is 4.88 Å². The van der Waals surface area contributed by atoms with Crippen LogP contribution in [-0.2, 0) is 11.0 Å². The van der Waals surface area contributed by atoms with E-state index in [4.69, 9.17) is 0 Å². The quantitative estimate of drug-likeness (QED) is 0.610. The SMILES string of the molecule is O=C(c1scnc1C(F)(F)F)N(OC(F)(F)F)c1ccccc1. The van der Waals surface area contributed by atoms with Gasteiger partial charge in [-0.3, -0.25) is 4.79 Å². The Morgan fingerprint density at radius 3 is 2.22 bits per heavy atom. The summed E-state index contributed by atoms with van der Waals surface area (Å²) in [5.41, 5.74) is -1.23. The lowest BCUT2D eigenvalue weighted by Crippen LogP contribution is -2.37. The molecular formula is C12H6F6N2O2S. The van der Waals surface area contributed by atoms with E-state index >= 15 is 0 Å². The molecule has 2 rings (SSSR count). The van der Waals surface area contributed by atoms with Crippen molar-refractivity contribution in [3.63, 3.8) is 0 Å². The Labute approximate surface area is 128 Å². The number of hydrogen-bond acceptors (Lipinski definition) is 4. The fourth-order valence-corrected chi connectivity index (χ4v) is 2.30. The summed E-state index contributed by atoms with van der Waals surface area (Å²) >= 11 is 0.264. The Kier molecular flexibility index (Phi) is 4.61. The highest BCUT2D eigenvalue weighted by molar-refractivity contribution is 7.12. The number of rotatable bonds is 3. The minimum absolute atomic E-state index is 0.247. The fraction of sp³-hybridized carbons (Fsp3) is 0.167. The van der Waals surface area contributed by atoms with Gasteiger partial charge in [-0.15, -0.1) is 24.5 Å². The lowest BCUT2D eigenvalue weighted by Gasteiger charge is -2.22. The molecule has 2 aromatic rings. The molecule has 1 aromatic carbocycles. The van der Waals surface area contributed by atoms with Gasteiger partial charge >= 0.3 is 12.5 Å². The molecule has 11 heteroatoms. The summed E-state index contributed by atoms with van der Waals surface area (Å²) in [7, 11) is 0. The van der Waals surface area contributed by atoms with E-state index in [1.807, 2.05) is 0 Å². The lowest BCUT2D eigenvalue weighted by molar-refractivity contribution is -0.325. The van der Waals surface area contributed by atoms with Crippen LogP contribution in [0, 0.1) is 0 Å². The zero-order chi connectivity index (χ0) is 17.3. The van der Waals surface area contributed by atoms with Crippen molar-refractivity contribution in [2.45, 2.75) is 12.5 Å². The van der Waals surface area contributed by atoms with Crippen molar-refractivity contribution in [2.75, 3.05) is 5.06 Å². The number of halogens is 6. The van der Waals surface area contributed by atoms with E-state index < -0.39 is 29.0 Å². The molecule has 0 unspecified atom stereocenters. The number of carbonyl (C=O) groups is 1. The average Bonchev–Trinajstić information content (AvgIpc) is 2.93. The maximum atomic E-state index is 12.8. The Morgan fingerprint density at radius 2 is 1.70 bits per heavy atom. The van der Waals surface area contributed by atoms with Crippen LogP contribution in [0.5, 0.6) is 0 Å². The van der Waals surface area contributed by atoms with E-state index in [0.29, 0.717) is 5.51 Å². The van der Waals surface area contributed by atoms with Gasteiger partial charge in [-0.2, -0.15) is 23.1 Å². The van der Waals surface area contributed by atoms with Crippen molar-refractivity contribution >= 4 is 22.9 Å². The van der Waals surface area contributed by atoms with Gasteiger partial charge in [0.05, 0.1) is 11.2 Å². The third-order valence-electron chi connectivity index (χ3n) is 2.40. The average molecular weight is 356 g/mol. The summed E-state index contributed by atoms with van der Waals surface area (Å²) in [6.07, 6.45) is -10.2. The third kappa shape index (κ3) is 4.20. The molecule has 0 aliphatic carbocycles. The van der Waals surface area contributed by atoms with E-state index in [-0.39, 0.29) is 22.1 Å². The van der Waals surface area contributed by atoms with Crippen LogP contribution in [0.3, 0.4) is 0 Å². The Hall–Kier alpha value is -2.14. The van der Waals surface area contributed by atoms with Gasteiger partial charge in [-0.1, -0.05) is 18.2 Å². The first kappa shape index (κ1) is 17.2. The molecule has 0 fully saturated rings. The Bertz CT molecular complexity index is 683. The molecule has 23 heavy (non-hydrogen) atoms. The van der Waals surface area contributed by atoms with Crippen molar-refractivity contribution in [2.24, 2.45) is 0 Å². The summed E-state index contributed by atoms with van der Waals surface area (Å²) < 4.78 is 75.7. The molecule has 1 heterocycles. The number of benzene rings is 1. The molecule has 1 amide bonds. The van der Waals surface area contributed by atoms with Gasteiger partial charge in [0, 0.05) is 0 Å². The zero-order valence-corrected chi connectivity index (χ0v) is 11.7. The Balaban J connectivity index is 2.44. The maximum absolute atomic E-state index is 12.8. The van der Waals surface area contributed by atoms with Crippen LogP contribution in [0.1, 0.15) is 15.4 Å². The summed E-state index contributed by atoms with van der Waals surface area (Å²) in [6.45, 7) is 0. The number of carbonyl (C=O) groups excluding carboxylic acids is 1. The molecular weight excluding hydrogens is 350 g/mol. The van der Waals surface area contributed by atoms with Crippen LogP contribution in [-0.4, -0.2) is 17.3 Å². The topological polar surface area (TPSA) is 42.4 Å². The highest BCUT2D eigenvalue weighted by Gasteiger charge is 2.42. The van der Waals surface area contributed by atoms with E-state index in [1.54, 1.807) is 0 Å². The van der Waals surface area contributed by atoms with Crippen molar-refractivity contribution in [3.8, 4) is 0 Å². The number of nitrogens with zero attached hydrogens (tertiary/aromatic N) is 2. The highest BCUT2D eigenvalue weighted by atomic mass is 32.1. The van der Waals surface area contributed by atoms with E-state index in [0.717, 1.165) is 12.1 Å². The van der Waals surface area contributed by atoms with Crippen LogP contribution in [0.4, 0.5) is 32.0 Å². The van der Waals surface area contributed by atoms with Crippen LogP contribution in [0.25, 0.3) is 0 Å². The molecule has 0 atom stereocenters. The monoisotopic (exact) mass is 356 g/mol. The van der Waals surface area contributed by atoms with E-state index in [9.17, 15) is 31.1 Å². The smallest absolute Gasteiger partial charge is 0.265 e. The van der Waals surface area contributed by atoms with Crippen LogP contribution >= 0.6 is 11.3 Å². The largest absolute Gasteiger partial charge is 0.544 e. The van der Waals surface area contributed by atoms with Crippen molar-refractivity contribution in [1.29, 1.82) is 0 Å². The van der Waals surface area contributed by atoms with E-state index in [1.165, 1.54) is 18.2 Å². The number of alkyl halides is 6. The second kappa shape index (κ2) is 6.16. The van der Waals surface area contributed by atoms with Gasteiger partial charge in [-0.25, -0.2) is 4.98 Å². The molecule has 0 radical (unpaired) electrons. The standard InChI is InChI=1S/C12H6F6N2O2S/c13-11(14,15)9-8(23-6-19-9)10(21)20(22-12(16,17)18)7-4-2-1-3-5-7/h1-6H. The number of thiazole rings is 1. The van der Waals surface area contributed by atoms with Crippen LogP contribution < -0.4 is 5.06 Å². The lowest BCUT2D eigenvalue weighted by atomic mass is 10.3. The summed E-state index contributed by atoms with van der Waals surface area (Å²) in [6, 6.07) is 6.21. The highest BCUT2D eigenvalue weighted by Crippen LogP contribution is 2.35. The number of hydroxylamine groups is 1. The molecule has 124 valence electrons. The molecule has 0 saturated carbocycles. The molecule has 0 bridgehead atoms. The predicted molar refractivity (Wildman–Crippen MR) is 67.5 cm³/mol. The number of aromatic nitrogens is 1. The predicted octanol–water partition coefficient (Wildman–Crippen LogP) is 4.26. The first-order valence-electron chi connectivity index (χ1n) is 5.75. The van der Waals surface area contributed by atoms with Crippen LogP contribution in [0.15, 0.2) is 35.8 Å². The molecule has 4 nitrogen and oxygen atoms in total. The second-order valence-corrected chi connectivity index (χ2v) is 4.85. The van der Waals surface area contributed by atoms with Gasteiger partial charge in [-0.05, 0) is 12.1 Å². The molecule has 0 N–H and O–H groups in total. The number of hydrogen-bond donors (Lipinski definition) is 0. The third-order valence-corrected chi connectivity index (χ3v) is 3.21. The van der Waals surface area contributed by atoms with Gasteiger partial charge in [0.15, 0.2) is 5.69 Å². The number of para-hydroxylation sites is 1. The molecule has 0 saturated heterocycles. The van der Waals surface area contributed by atoms with Crippen molar-refractivity contribution in [1.82, 2.24) is 4.98 Å². The minimum atomic E-state index is -5.27. The Morgan fingerprint density at radius 1 is 1.09 bits per heavy atom. The summed E-state index contributed by atoms with van der Waals surface area (Å²) in [5, 5.41) is -0.247. The second-order valence-electron chi connectivity index (χ2n) is 4.00. The molecule has 0 aliphatic heterocycles.